The van der Waals surface area contributed by atoms with Crippen LogP contribution in [0.25, 0.3) is 21.3 Å². The van der Waals surface area contributed by atoms with E-state index in [4.69, 9.17) is 0 Å². The lowest BCUT2D eigenvalue weighted by Crippen LogP contribution is -2.41. The van der Waals surface area contributed by atoms with E-state index in [2.05, 4.69) is 52.3 Å². The van der Waals surface area contributed by atoms with Crippen molar-refractivity contribution >= 4 is 33.4 Å². The number of carboxylic acid groups (broad SMARTS) is 1. The topological polar surface area (TPSA) is 71.3 Å². The van der Waals surface area contributed by atoms with Crippen molar-refractivity contribution in [1.29, 1.82) is 0 Å². The first-order chi connectivity index (χ1) is 16.6. The van der Waals surface area contributed by atoms with E-state index >= 15 is 0 Å². The summed E-state index contributed by atoms with van der Waals surface area (Å²) in [5.74, 6) is -0.625. The summed E-state index contributed by atoms with van der Waals surface area (Å²) in [6.07, 6.45) is 4.55. The van der Waals surface area contributed by atoms with Crippen LogP contribution in [0.2, 0.25) is 0 Å². The molecule has 0 saturated heterocycles. The Morgan fingerprint density at radius 2 is 1.71 bits per heavy atom. The molecule has 2 aliphatic carbocycles. The van der Waals surface area contributed by atoms with E-state index in [0.717, 1.165) is 23.1 Å². The van der Waals surface area contributed by atoms with Gasteiger partial charge in [-0.15, -0.1) is 11.3 Å². The lowest BCUT2D eigenvalue weighted by atomic mass is 9.72. The highest BCUT2D eigenvalue weighted by molar-refractivity contribution is 7.17. The van der Waals surface area contributed by atoms with E-state index in [-0.39, 0.29) is 23.8 Å². The number of carboxylic acids is 1. The number of carbonyl (C=O) groups excluding carboxylic acids is 1. The van der Waals surface area contributed by atoms with Crippen LogP contribution < -0.4 is 5.32 Å². The highest BCUT2D eigenvalue weighted by Crippen LogP contribution is 2.50. The maximum Gasteiger partial charge on any atom is 0.306 e. The van der Waals surface area contributed by atoms with Crippen LogP contribution in [0.4, 0.5) is 0 Å². The van der Waals surface area contributed by atoms with Gasteiger partial charge in [-0.3, -0.25) is 9.59 Å². The van der Waals surface area contributed by atoms with Gasteiger partial charge in [0, 0.05) is 24.2 Å². The minimum Gasteiger partial charge on any atom is -0.481 e. The third-order valence-electron chi connectivity index (χ3n) is 7.70. The zero-order valence-electron chi connectivity index (χ0n) is 18.7. The van der Waals surface area contributed by atoms with Gasteiger partial charge in [0.05, 0.1) is 21.7 Å². The number of benzene rings is 2. The van der Waals surface area contributed by atoms with E-state index in [1.54, 1.807) is 11.3 Å². The molecule has 4 unspecified atom stereocenters. The number of hydrogen-bond acceptors (Lipinski definition) is 3. The lowest BCUT2D eigenvalue weighted by Gasteiger charge is -2.35. The molecule has 172 valence electrons. The molecule has 2 N–H and O–H groups in total. The minimum absolute atomic E-state index is 0.0451. The number of aliphatic carboxylic acids is 1. The van der Waals surface area contributed by atoms with Gasteiger partial charge in [-0.2, -0.15) is 0 Å². The fraction of sp³-hybridized carbons (Fsp3) is 0.286. The van der Waals surface area contributed by atoms with E-state index in [1.807, 2.05) is 29.8 Å². The molecule has 2 aromatic carbocycles. The largest absolute Gasteiger partial charge is 0.481 e. The van der Waals surface area contributed by atoms with Crippen molar-refractivity contribution in [3.63, 3.8) is 0 Å². The fourth-order valence-corrected chi connectivity index (χ4v) is 6.75. The molecular formula is C28H26N2O3S. The zero-order valence-corrected chi connectivity index (χ0v) is 19.5. The van der Waals surface area contributed by atoms with Crippen LogP contribution in [0, 0.1) is 17.8 Å². The molecule has 4 aromatic rings. The Bertz CT molecular complexity index is 1360. The molecule has 5 nitrogen and oxygen atoms in total. The summed E-state index contributed by atoms with van der Waals surface area (Å²) in [4.78, 5) is 24.9. The SMILES string of the molecule is O=C(NC1CC(C(=O)O)C2CCC12)c1csc2ccn(Cc3ccc(-c4ccccc4)cc3)c12. The second-order valence-corrected chi connectivity index (χ2v) is 10.4. The van der Waals surface area contributed by atoms with Crippen molar-refractivity contribution in [2.75, 3.05) is 0 Å². The van der Waals surface area contributed by atoms with Crippen molar-refractivity contribution in [3.8, 4) is 11.1 Å². The molecule has 2 aromatic heterocycles. The number of thiophene rings is 1. The standard InChI is InChI=1S/C28H26N2O3S/c31-27(29-24-14-22(28(32)33)20-10-11-21(20)24)23-16-34-25-12-13-30(26(23)25)15-17-6-8-19(9-7-17)18-4-2-1-3-5-18/h1-9,12-13,16,20-22,24H,10-11,14-15H2,(H,29,31)(H,32,33). The summed E-state index contributed by atoms with van der Waals surface area (Å²) in [5, 5.41) is 14.6. The molecule has 0 spiro atoms. The van der Waals surface area contributed by atoms with Crippen LogP contribution in [0.5, 0.6) is 0 Å². The number of fused-ring (bicyclic) bond motifs is 2. The minimum atomic E-state index is -0.725. The van der Waals surface area contributed by atoms with Crippen molar-refractivity contribution in [3.05, 3.63) is 83.4 Å². The normalized spacial score (nSPS) is 23.4. The van der Waals surface area contributed by atoms with Gasteiger partial charge >= 0.3 is 5.97 Å². The Hall–Kier alpha value is -3.38. The number of rotatable bonds is 6. The Morgan fingerprint density at radius 1 is 0.971 bits per heavy atom. The van der Waals surface area contributed by atoms with Crippen molar-refractivity contribution in [1.82, 2.24) is 9.88 Å². The first-order valence-corrected chi connectivity index (χ1v) is 12.7. The van der Waals surface area contributed by atoms with Gasteiger partial charge in [0.1, 0.15) is 0 Å². The summed E-state index contributed by atoms with van der Waals surface area (Å²) >= 11 is 1.58. The van der Waals surface area contributed by atoms with E-state index < -0.39 is 5.97 Å². The number of carbonyl (C=O) groups is 2. The van der Waals surface area contributed by atoms with Gasteiger partial charge in [0.15, 0.2) is 0 Å². The zero-order chi connectivity index (χ0) is 23.2. The van der Waals surface area contributed by atoms with Crippen molar-refractivity contribution in [2.45, 2.75) is 31.8 Å². The van der Waals surface area contributed by atoms with Gasteiger partial charge in [0.2, 0.25) is 0 Å². The molecule has 0 bridgehead atoms. The van der Waals surface area contributed by atoms with Crippen LogP contribution in [0.1, 0.15) is 35.2 Å². The Morgan fingerprint density at radius 3 is 2.38 bits per heavy atom. The van der Waals surface area contributed by atoms with Crippen molar-refractivity contribution in [2.24, 2.45) is 17.8 Å². The maximum atomic E-state index is 13.3. The molecule has 4 atom stereocenters. The molecule has 0 radical (unpaired) electrons. The van der Waals surface area contributed by atoms with Gasteiger partial charge in [-0.25, -0.2) is 0 Å². The fourth-order valence-electron chi connectivity index (χ4n) is 5.81. The number of amides is 1. The molecular weight excluding hydrogens is 444 g/mol. The van der Waals surface area contributed by atoms with Gasteiger partial charge < -0.3 is 15.0 Å². The lowest BCUT2D eigenvalue weighted by molar-refractivity contribution is -0.144. The smallest absolute Gasteiger partial charge is 0.306 e. The summed E-state index contributed by atoms with van der Waals surface area (Å²) in [5.41, 5.74) is 5.18. The molecule has 34 heavy (non-hydrogen) atoms. The number of nitrogens with one attached hydrogen (secondary N) is 1. The molecule has 6 heteroatoms. The van der Waals surface area contributed by atoms with Crippen LogP contribution in [-0.2, 0) is 11.3 Å². The van der Waals surface area contributed by atoms with Crippen molar-refractivity contribution < 1.29 is 14.7 Å². The van der Waals surface area contributed by atoms with Crippen LogP contribution in [0.3, 0.4) is 0 Å². The molecule has 2 heterocycles. The Kier molecular flexibility index (Phi) is 5.26. The van der Waals surface area contributed by atoms with E-state index in [0.29, 0.717) is 24.4 Å². The Labute approximate surface area is 202 Å². The van der Waals surface area contributed by atoms with E-state index in [1.165, 1.54) is 16.7 Å². The summed E-state index contributed by atoms with van der Waals surface area (Å²) in [6.45, 7) is 0.685. The molecule has 2 saturated carbocycles. The first-order valence-electron chi connectivity index (χ1n) is 11.8. The molecule has 0 aliphatic heterocycles. The number of aromatic nitrogens is 1. The van der Waals surface area contributed by atoms with Crippen LogP contribution >= 0.6 is 11.3 Å². The summed E-state index contributed by atoms with van der Waals surface area (Å²) in [7, 11) is 0. The second-order valence-electron chi connectivity index (χ2n) is 9.53. The van der Waals surface area contributed by atoms with Gasteiger partial charge in [0.25, 0.3) is 5.91 Å². The summed E-state index contributed by atoms with van der Waals surface area (Å²) in [6, 6.07) is 20.9. The molecule has 6 rings (SSSR count). The average molecular weight is 471 g/mol. The Balaban J connectivity index is 1.21. The third-order valence-corrected chi connectivity index (χ3v) is 8.64. The predicted molar refractivity (Wildman–Crippen MR) is 134 cm³/mol. The van der Waals surface area contributed by atoms with E-state index in [9.17, 15) is 14.7 Å². The van der Waals surface area contributed by atoms with Gasteiger partial charge in [-0.05, 0) is 53.9 Å². The first kappa shape index (κ1) is 21.2. The highest BCUT2D eigenvalue weighted by Gasteiger charge is 2.51. The van der Waals surface area contributed by atoms with Crippen LogP contribution in [-0.4, -0.2) is 27.6 Å². The predicted octanol–water partition coefficient (Wildman–Crippen LogP) is 5.65. The molecule has 2 aliphatic rings. The number of nitrogens with zero attached hydrogens (tertiary/aromatic N) is 1. The quantitative estimate of drug-likeness (QED) is 0.383. The third kappa shape index (κ3) is 3.62. The maximum absolute atomic E-state index is 13.3. The van der Waals surface area contributed by atoms with Gasteiger partial charge in [-0.1, -0.05) is 54.6 Å². The number of hydrogen-bond donors (Lipinski definition) is 2. The monoisotopic (exact) mass is 470 g/mol. The molecule has 2 fully saturated rings. The summed E-state index contributed by atoms with van der Waals surface area (Å²) < 4.78 is 3.22. The highest BCUT2D eigenvalue weighted by atomic mass is 32.1. The molecule has 1 amide bonds. The van der Waals surface area contributed by atoms with Crippen LogP contribution in [0.15, 0.2) is 72.2 Å². The second kappa shape index (κ2) is 8.44. The average Bonchev–Trinajstić information content (AvgIpc) is 3.48.